The minimum Gasteiger partial charge on any atom is -0.267 e. The van der Waals surface area contributed by atoms with Crippen LogP contribution in [0.2, 0.25) is 0 Å². The van der Waals surface area contributed by atoms with Gasteiger partial charge in [0.15, 0.2) is 0 Å². The minimum absolute atomic E-state index is 0.773. The molecule has 0 saturated heterocycles. The average Bonchev–Trinajstić information content (AvgIpc) is 2.14. The molecule has 0 nitrogen and oxygen atoms in total. The van der Waals surface area contributed by atoms with Crippen LogP contribution in [0, 0.1) is 0 Å². The van der Waals surface area contributed by atoms with Gasteiger partial charge in [0.25, 0.3) is 0 Å². The molecule has 0 spiro atoms. The standard InChI is InChI=1S/C16H38S/c1-12(2)17(11,13(3)4,14(5)6,15(7)8)16(9)10/h12-16H,1-11H3. The predicted molar refractivity (Wildman–Crippen MR) is 89.2 cm³/mol. The van der Waals surface area contributed by atoms with Gasteiger partial charge in [0.05, 0.1) is 0 Å². The number of hydrogen-bond donors (Lipinski definition) is 0. The zero-order valence-corrected chi connectivity index (χ0v) is 15.1. The fourth-order valence-electron chi connectivity index (χ4n) is 5.44. The molecule has 0 heterocycles. The quantitative estimate of drug-likeness (QED) is 0.611. The third kappa shape index (κ3) is 1.33. The summed E-state index contributed by atoms with van der Waals surface area (Å²) in [5.74, 6) is 0. The molecule has 0 aliphatic carbocycles. The van der Waals surface area contributed by atoms with Crippen LogP contribution >= 0.6 is 8.29 Å². The SMILES string of the molecule is CC(C)S(C)(C(C)C)(C(C)C)(C(C)C)C(C)C. The third-order valence-corrected chi connectivity index (χ3v) is 23.4. The molecule has 0 aromatic carbocycles. The summed E-state index contributed by atoms with van der Waals surface area (Å²) in [4.78, 5) is 0. The summed E-state index contributed by atoms with van der Waals surface area (Å²) < 4.78 is 0. The first-order chi connectivity index (χ1) is 7.36. The second-order valence-corrected chi connectivity index (χ2v) is 17.6. The number of rotatable bonds is 5. The summed E-state index contributed by atoms with van der Waals surface area (Å²) in [6, 6.07) is 0. The highest BCUT2D eigenvalue weighted by molar-refractivity contribution is 8.66. The predicted octanol–water partition coefficient (Wildman–Crippen LogP) is 5.53. The van der Waals surface area contributed by atoms with E-state index >= 15 is 0 Å². The van der Waals surface area contributed by atoms with Gasteiger partial charge in [-0.1, -0.05) is 69.2 Å². The summed E-state index contributed by atoms with van der Waals surface area (Å²) in [6.07, 6.45) is 2.72. The molecule has 0 fully saturated rings. The van der Waals surface area contributed by atoms with Crippen LogP contribution in [0.1, 0.15) is 69.2 Å². The maximum absolute atomic E-state index is 2.72. The van der Waals surface area contributed by atoms with Crippen molar-refractivity contribution in [3.63, 3.8) is 0 Å². The molecule has 0 bridgehead atoms. The second-order valence-electron chi connectivity index (χ2n) is 7.78. The van der Waals surface area contributed by atoms with E-state index in [0.717, 1.165) is 26.2 Å². The molecule has 0 aliphatic heterocycles. The summed E-state index contributed by atoms with van der Waals surface area (Å²) >= 11 is 0. The van der Waals surface area contributed by atoms with Crippen molar-refractivity contribution in [2.75, 3.05) is 6.26 Å². The van der Waals surface area contributed by atoms with E-state index < -0.39 is 8.29 Å². The molecule has 0 radical (unpaired) electrons. The van der Waals surface area contributed by atoms with Crippen LogP contribution in [0.5, 0.6) is 0 Å². The van der Waals surface area contributed by atoms with E-state index in [2.05, 4.69) is 75.5 Å². The van der Waals surface area contributed by atoms with Crippen molar-refractivity contribution in [2.45, 2.75) is 95.5 Å². The van der Waals surface area contributed by atoms with E-state index in [0.29, 0.717) is 0 Å². The normalized spacial score (nSPS) is 18.4. The Balaban J connectivity index is 6.72. The van der Waals surface area contributed by atoms with Crippen LogP contribution < -0.4 is 0 Å². The first-order valence-electron chi connectivity index (χ1n) is 7.36. The molecule has 0 saturated carbocycles. The van der Waals surface area contributed by atoms with Crippen LogP contribution in [0.25, 0.3) is 0 Å². The van der Waals surface area contributed by atoms with E-state index in [4.69, 9.17) is 0 Å². The maximum Gasteiger partial charge on any atom is -0.0270 e. The zero-order valence-electron chi connectivity index (χ0n) is 14.3. The van der Waals surface area contributed by atoms with Crippen LogP contribution in [-0.4, -0.2) is 32.5 Å². The highest BCUT2D eigenvalue weighted by Gasteiger charge is 2.67. The van der Waals surface area contributed by atoms with E-state index in [9.17, 15) is 0 Å². The third-order valence-electron chi connectivity index (χ3n) is 7.80. The molecule has 0 rings (SSSR count). The van der Waals surface area contributed by atoms with Gasteiger partial charge in [-0.2, -0.15) is 0 Å². The van der Waals surface area contributed by atoms with Crippen molar-refractivity contribution in [3.8, 4) is 0 Å². The van der Waals surface area contributed by atoms with Crippen LogP contribution in [-0.2, 0) is 0 Å². The summed E-state index contributed by atoms with van der Waals surface area (Å²) in [5.41, 5.74) is 0. The van der Waals surface area contributed by atoms with Gasteiger partial charge < -0.3 is 0 Å². The maximum atomic E-state index is 2.72. The highest BCUT2D eigenvalue weighted by atomic mass is 32.4. The van der Waals surface area contributed by atoms with Crippen molar-refractivity contribution in [1.82, 2.24) is 0 Å². The molecular formula is C16H38S. The molecule has 0 aromatic rings. The van der Waals surface area contributed by atoms with Gasteiger partial charge in [0.2, 0.25) is 0 Å². The monoisotopic (exact) mass is 262 g/mol. The summed E-state index contributed by atoms with van der Waals surface area (Å²) in [6.45, 7) is 24.9. The van der Waals surface area contributed by atoms with Crippen LogP contribution in [0.15, 0.2) is 0 Å². The second kappa shape index (κ2) is 4.18. The Hall–Kier alpha value is 0.350. The molecule has 0 amide bonds. The lowest BCUT2D eigenvalue weighted by atomic mass is 10.5. The van der Waals surface area contributed by atoms with Gasteiger partial charge in [-0.15, -0.1) is 0 Å². The van der Waals surface area contributed by atoms with Gasteiger partial charge in [0.1, 0.15) is 0 Å². The van der Waals surface area contributed by atoms with Crippen LogP contribution in [0.4, 0.5) is 0 Å². The van der Waals surface area contributed by atoms with E-state index in [1.807, 2.05) is 0 Å². The van der Waals surface area contributed by atoms with Gasteiger partial charge in [-0.3, -0.25) is 8.29 Å². The van der Waals surface area contributed by atoms with Crippen molar-refractivity contribution < 1.29 is 0 Å². The molecule has 0 unspecified atom stereocenters. The Labute approximate surface area is 110 Å². The highest BCUT2D eigenvalue weighted by Crippen LogP contribution is 2.99. The Morgan fingerprint density at radius 3 is 0.529 bits per heavy atom. The smallest absolute Gasteiger partial charge is 0.0270 e. The summed E-state index contributed by atoms with van der Waals surface area (Å²) in [5, 5.41) is 3.87. The van der Waals surface area contributed by atoms with E-state index in [1.165, 1.54) is 0 Å². The summed E-state index contributed by atoms with van der Waals surface area (Å²) in [7, 11) is -2.18. The lowest BCUT2D eigenvalue weighted by Gasteiger charge is -2.91. The van der Waals surface area contributed by atoms with Gasteiger partial charge in [-0.25, -0.2) is 0 Å². The molecule has 17 heavy (non-hydrogen) atoms. The molecule has 0 aliphatic rings. The molecule has 0 aromatic heterocycles. The topological polar surface area (TPSA) is 0 Å². The minimum atomic E-state index is -2.18. The van der Waals surface area contributed by atoms with Crippen LogP contribution in [0.3, 0.4) is 0 Å². The van der Waals surface area contributed by atoms with Crippen molar-refractivity contribution in [1.29, 1.82) is 0 Å². The van der Waals surface area contributed by atoms with Gasteiger partial charge in [-0.05, 0) is 32.5 Å². The Kier molecular flexibility index (Phi) is 4.27. The van der Waals surface area contributed by atoms with Crippen molar-refractivity contribution >= 4 is 8.29 Å². The van der Waals surface area contributed by atoms with Crippen molar-refractivity contribution in [2.24, 2.45) is 0 Å². The first-order valence-corrected chi connectivity index (χ1v) is 10.5. The first kappa shape index (κ1) is 17.4. The van der Waals surface area contributed by atoms with Crippen molar-refractivity contribution in [3.05, 3.63) is 0 Å². The van der Waals surface area contributed by atoms with Gasteiger partial charge >= 0.3 is 0 Å². The largest absolute Gasteiger partial charge is 0.267 e. The van der Waals surface area contributed by atoms with E-state index in [1.54, 1.807) is 0 Å². The molecule has 0 atom stereocenters. The number of hydrogen-bond acceptors (Lipinski definition) is 0. The fraction of sp³-hybridized carbons (Fsp3) is 1.00. The lowest BCUT2D eigenvalue weighted by molar-refractivity contribution is 0.780. The Morgan fingerprint density at radius 2 is 0.529 bits per heavy atom. The average molecular weight is 263 g/mol. The van der Waals surface area contributed by atoms with E-state index in [-0.39, 0.29) is 0 Å². The lowest BCUT2D eigenvalue weighted by Crippen LogP contribution is -2.65. The Morgan fingerprint density at radius 1 is 0.412 bits per heavy atom. The molecule has 0 N–H and O–H groups in total. The van der Waals surface area contributed by atoms with Gasteiger partial charge in [0, 0.05) is 0 Å². The molecule has 1 heteroatoms. The Bertz CT molecular complexity index is 210. The zero-order chi connectivity index (χ0) is 14.3. The molecule has 108 valence electrons. The fourth-order valence-corrected chi connectivity index (χ4v) is 16.3. The molecular weight excluding hydrogens is 224 g/mol.